The monoisotopic (exact) mass is 320 g/mol. The molecule has 0 saturated carbocycles. The summed E-state index contributed by atoms with van der Waals surface area (Å²) in [4.78, 5) is 12.0. The standard InChI is InChI=1S/C15H13FN2O3S/c16-13-7-3-2-6-12(13)15(19)17-22(20,21)18-10-9-11-5-1-4-8-14(11)18/h1-8H,9-10H2,(H,17,19). The smallest absolute Gasteiger partial charge is 0.268 e. The highest BCUT2D eigenvalue weighted by atomic mass is 32.2. The molecule has 0 radical (unpaired) electrons. The van der Waals surface area contributed by atoms with Gasteiger partial charge in [0.2, 0.25) is 0 Å². The average molecular weight is 320 g/mol. The highest BCUT2D eigenvalue weighted by Crippen LogP contribution is 2.29. The second-order valence-corrected chi connectivity index (χ2v) is 6.46. The molecule has 0 fully saturated rings. The van der Waals surface area contributed by atoms with Crippen LogP contribution >= 0.6 is 0 Å². The van der Waals surface area contributed by atoms with Crippen molar-refractivity contribution >= 4 is 21.8 Å². The number of carbonyl (C=O) groups is 1. The quantitative estimate of drug-likeness (QED) is 0.939. The van der Waals surface area contributed by atoms with Gasteiger partial charge in [-0.1, -0.05) is 30.3 Å². The van der Waals surface area contributed by atoms with Gasteiger partial charge >= 0.3 is 10.2 Å². The molecule has 1 heterocycles. The third-order valence-corrected chi connectivity index (χ3v) is 4.88. The van der Waals surface area contributed by atoms with E-state index in [4.69, 9.17) is 0 Å². The normalized spacial score (nSPS) is 13.8. The summed E-state index contributed by atoms with van der Waals surface area (Å²) in [6, 6.07) is 12.3. The van der Waals surface area contributed by atoms with E-state index in [-0.39, 0.29) is 12.1 Å². The topological polar surface area (TPSA) is 66.5 Å². The van der Waals surface area contributed by atoms with Crippen molar-refractivity contribution in [3.05, 3.63) is 65.5 Å². The van der Waals surface area contributed by atoms with Crippen LogP contribution in [0, 0.1) is 5.82 Å². The molecule has 0 aromatic heterocycles. The van der Waals surface area contributed by atoms with E-state index in [9.17, 15) is 17.6 Å². The third kappa shape index (κ3) is 2.55. The van der Waals surface area contributed by atoms with Crippen molar-refractivity contribution in [2.45, 2.75) is 6.42 Å². The number of nitrogens with zero attached hydrogens (tertiary/aromatic N) is 1. The van der Waals surface area contributed by atoms with Crippen LogP contribution in [0.4, 0.5) is 10.1 Å². The number of para-hydroxylation sites is 1. The summed E-state index contributed by atoms with van der Waals surface area (Å²) < 4.78 is 41.3. The molecule has 7 heteroatoms. The minimum absolute atomic E-state index is 0.249. The SMILES string of the molecule is O=C(NS(=O)(=O)N1CCc2ccccc21)c1ccccc1F. The zero-order valence-electron chi connectivity index (χ0n) is 11.5. The van der Waals surface area contributed by atoms with Crippen molar-refractivity contribution < 1.29 is 17.6 Å². The molecule has 2 aromatic carbocycles. The van der Waals surface area contributed by atoms with E-state index >= 15 is 0 Å². The molecular formula is C15H13FN2O3S. The number of rotatable bonds is 3. The number of carbonyl (C=O) groups excluding carboxylic acids is 1. The maximum atomic E-state index is 13.6. The fourth-order valence-electron chi connectivity index (χ4n) is 2.43. The highest BCUT2D eigenvalue weighted by molar-refractivity contribution is 7.91. The van der Waals surface area contributed by atoms with Gasteiger partial charge in [0.15, 0.2) is 0 Å². The van der Waals surface area contributed by atoms with Crippen molar-refractivity contribution in [1.82, 2.24) is 4.72 Å². The first kappa shape index (κ1) is 14.5. The van der Waals surface area contributed by atoms with Gasteiger partial charge in [-0.05, 0) is 30.2 Å². The highest BCUT2D eigenvalue weighted by Gasteiger charge is 2.31. The molecule has 0 saturated heterocycles. The fourth-order valence-corrected chi connectivity index (χ4v) is 3.65. The molecule has 0 aliphatic carbocycles. The van der Waals surface area contributed by atoms with Gasteiger partial charge in [-0.3, -0.25) is 9.10 Å². The molecule has 0 atom stereocenters. The van der Waals surface area contributed by atoms with Gasteiger partial charge in [0.25, 0.3) is 5.91 Å². The Morgan fingerprint density at radius 3 is 2.55 bits per heavy atom. The van der Waals surface area contributed by atoms with Crippen LogP contribution in [0.3, 0.4) is 0 Å². The minimum Gasteiger partial charge on any atom is -0.268 e. The van der Waals surface area contributed by atoms with Gasteiger partial charge in [0, 0.05) is 6.54 Å². The molecule has 5 nitrogen and oxygen atoms in total. The number of fused-ring (bicyclic) bond motifs is 1. The predicted octanol–water partition coefficient (Wildman–Crippen LogP) is 1.86. The number of hydrogen-bond acceptors (Lipinski definition) is 3. The zero-order chi connectivity index (χ0) is 15.7. The molecular weight excluding hydrogens is 307 g/mol. The molecule has 3 rings (SSSR count). The van der Waals surface area contributed by atoms with Crippen LogP contribution in [0.25, 0.3) is 0 Å². The Kier molecular flexibility index (Phi) is 3.58. The number of benzene rings is 2. The first-order valence-corrected chi connectivity index (χ1v) is 8.10. The van der Waals surface area contributed by atoms with Crippen molar-refractivity contribution in [3.63, 3.8) is 0 Å². The van der Waals surface area contributed by atoms with Gasteiger partial charge in [-0.15, -0.1) is 0 Å². The van der Waals surface area contributed by atoms with E-state index in [1.54, 1.807) is 12.1 Å². The molecule has 2 aromatic rings. The van der Waals surface area contributed by atoms with E-state index in [0.29, 0.717) is 12.1 Å². The van der Waals surface area contributed by atoms with Crippen LogP contribution in [0.1, 0.15) is 15.9 Å². The largest absolute Gasteiger partial charge is 0.326 e. The lowest BCUT2D eigenvalue weighted by molar-refractivity contribution is 0.0977. The summed E-state index contributed by atoms with van der Waals surface area (Å²) in [5, 5.41) is 0. The van der Waals surface area contributed by atoms with Crippen LogP contribution < -0.4 is 9.03 Å². The van der Waals surface area contributed by atoms with Crippen molar-refractivity contribution in [2.24, 2.45) is 0 Å². The lowest BCUT2D eigenvalue weighted by Crippen LogP contribution is -2.43. The van der Waals surface area contributed by atoms with Gasteiger partial charge in [-0.25, -0.2) is 9.11 Å². The van der Waals surface area contributed by atoms with E-state index in [1.807, 2.05) is 16.9 Å². The summed E-state index contributed by atoms with van der Waals surface area (Å²) in [7, 11) is -4.07. The Labute approximate surface area is 127 Å². The van der Waals surface area contributed by atoms with Crippen molar-refractivity contribution in [1.29, 1.82) is 0 Å². The molecule has 114 valence electrons. The van der Waals surface area contributed by atoms with E-state index < -0.39 is 21.9 Å². The molecule has 22 heavy (non-hydrogen) atoms. The summed E-state index contributed by atoms with van der Waals surface area (Å²) >= 11 is 0. The Bertz CT molecular complexity index is 836. The third-order valence-electron chi connectivity index (χ3n) is 3.47. The first-order valence-electron chi connectivity index (χ1n) is 6.66. The Morgan fingerprint density at radius 1 is 1.09 bits per heavy atom. The average Bonchev–Trinajstić information content (AvgIpc) is 2.92. The lowest BCUT2D eigenvalue weighted by atomic mass is 10.2. The van der Waals surface area contributed by atoms with Crippen LogP contribution in [0.2, 0.25) is 0 Å². The van der Waals surface area contributed by atoms with Crippen LogP contribution in [-0.2, 0) is 16.6 Å². The Balaban J connectivity index is 1.86. The molecule has 1 aliphatic heterocycles. The minimum atomic E-state index is -4.07. The lowest BCUT2D eigenvalue weighted by Gasteiger charge is -2.19. The predicted molar refractivity (Wildman–Crippen MR) is 80.3 cm³/mol. The molecule has 1 amide bonds. The summed E-state index contributed by atoms with van der Waals surface area (Å²) in [6.45, 7) is 0.249. The van der Waals surface area contributed by atoms with Gasteiger partial charge < -0.3 is 0 Å². The van der Waals surface area contributed by atoms with Crippen LogP contribution in [0.5, 0.6) is 0 Å². The Hall–Kier alpha value is -2.41. The summed E-state index contributed by atoms with van der Waals surface area (Å²) in [6.07, 6.45) is 0.574. The second-order valence-electron chi connectivity index (χ2n) is 4.87. The van der Waals surface area contributed by atoms with Crippen molar-refractivity contribution in [3.8, 4) is 0 Å². The number of anilines is 1. The second kappa shape index (κ2) is 5.42. The van der Waals surface area contributed by atoms with E-state index in [0.717, 1.165) is 15.9 Å². The van der Waals surface area contributed by atoms with E-state index in [1.165, 1.54) is 18.2 Å². The number of nitrogens with one attached hydrogen (secondary N) is 1. The molecule has 0 unspecified atom stereocenters. The van der Waals surface area contributed by atoms with E-state index in [2.05, 4.69) is 0 Å². The van der Waals surface area contributed by atoms with Gasteiger partial charge in [-0.2, -0.15) is 8.42 Å². The number of hydrogen-bond donors (Lipinski definition) is 1. The van der Waals surface area contributed by atoms with Crippen LogP contribution in [0.15, 0.2) is 48.5 Å². The van der Waals surface area contributed by atoms with Crippen molar-refractivity contribution in [2.75, 3.05) is 10.8 Å². The molecule has 0 bridgehead atoms. The zero-order valence-corrected chi connectivity index (χ0v) is 12.3. The molecule has 1 aliphatic rings. The summed E-state index contributed by atoms with van der Waals surface area (Å²) in [5.41, 5.74) is 1.13. The molecule has 0 spiro atoms. The molecule has 1 N–H and O–H groups in total. The van der Waals surface area contributed by atoms with Crippen LogP contribution in [-0.4, -0.2) is 20.9 Å². The van der Waals surface area contributed by atoms with Gasteiger partial charge in [0.05, 0.1) is 11.3 Å². The number of halogens is 1. The summed E-state index contributed by atoms with van der Waals surface area (Å²) in [5.74, 6) is -1.75. The van der Waals surface area contributed by atoms with Gasteiger partial charge in [0.1, 0.15) is 5.82 Å². The number of amides is 1. The fraction of sp³-hybridized carbons (Fsp3) is 0.133. The maximum absolute atomic E-state index is 13.6. The maximum Gasteiger partial charge on any atom is 0.326 e. The Morgan fingerprint density at radius 2 is 1.77 bits per heavy atom. The first-order chi connectivity index (χ1) is 10.5.